The van der Waals surface area contributed by atoms with E-state index in [1.165, 1.54) is 0 Å². The summed E-state index contributed by atoms with van der Waals surface area (Å²) in [6.07, 6.45) is 5.36. The summed E-state index contributed by atoms with van der Waals surface area (Å²) in [6.45, 7) is 2.82. The molecule has 2 N–H and O–H groups in total. The minimum absolute atomic E-state index is 0.0707. The van der Waals surface area contributed by atoms with Gasteiger partial charge in [-0.05, 0) is 49.1 Å². The number of aromatic nitrogens is 2. The quantitative estimate of drug-likeness (QED) is 0.766. The highest BCUT2D eigenvalue weighted by atomic mass is 16.3. The van der Waals surface area contributed by atoms with E-state index in [-0.39, 0.29) is 18.4 Å². The summed E-state index contributed by atoms with van der Waals surface area (Å²) in [4.78, 5) is 12.0. The average Bonchev–Trinajstić information content (AvgIpc) is 3.05. The molecule has 0 aliphatic carbocycles. The number of aliphatic hydroxyl groups is 1. The Kier molecular flexibility index (Phi) is 5.51. The maximum atomic E-state index is 12.0. The van der Waals surface area contributed by atoms with Crippen LogP contribution in [0.25, 0.3) is 5.69 Å². The highest BCUT2D eigenvalue weighted by molar-refractivity contribution is 5.94. The second-order valence-electron chi connectivity index (χ2n) is 5.18. The SMILES string of the molecule is CC(CO)CCCNC(=O)c1ccc(-n2cccn2)cc1. The van der Waals surface area contributed by atoms with E-state index in [9.17, 15) is 4.79 Å². The lowest BCUT2D eigenvalue weighted by molar-refractivity contribution is 0.0952. The number of nitrogens with zero attached hydrogens (tertiary/aromatic N) is 2. The molecule has 0 saturated heterocycles. The van der Waals surface area contributed by atoms with Gasteiger partial charge in [-0.2, -0.15) is 5.10 Å². The lowest BCUT2D eigenvalue weighted by Gasteiger charge is -2.09. The van der Waals surface area contributed by atoms with Gasteiger partial charge in [0.05, 0.1) is 5.69 Å². The van der Waals surface area contributed by atoms with Gasteiger partial charge >= 0.3 is 0 Å². The molecule has 2 aromatic rings. The van der Waals surface area contributed by atoms with Gasteiger partial charge in [0.25, 0.3) is 5.91 Å². The molecular weight excluding hydrogens is 266 g/mol. The summed E-state index contributed by atoms with van der Waals surface area (Å²) in [5.74, 6) is 0.217. The highest BCUT2D eigenvalue weighted by Gasteiger charge is 2.06. The summed E-state index contributed by atoms with van der Waals surface area (Å²) in [5.41, 5.74) is 1.56. The van der Waals surface area contributed by atoms with Crippen molar-refractivity contribution in [2.75, 3.05) is 13.2 Å². The largest absolute Gasteiger partial charge is 0.396 e. The fourth-order valence-electron chi connectivity index (χ4n) is 2.03. The van der Waals surface area contributed by atoms with E-state index in [2.05, 4.69) is 10.4 Å². The molecule has 112 valence electrons. The number of benzene rings is 1. The molecule has 0 spiro atoms. The molecule has 21 heavy (non-hydrogen) atoms. The maximum Gasteiger partial charge on any atom is 0.251 e. The van der Waals surface area contributed by atoms with Crippen molar-refractivity contribution in [1.82, 2.24) is 15.1 Å². The van der Waals surface area contributed by atoms with Gasteiger partial charge in [0.2, 0.25) is 0 Å². The zero-order chi connectivity index (χ0) is 15.1. The van der Waals surface area contributed by atoms with Crippen molar-refractivity contribution in [3.63, 3.8) is 0 Å². The Balaban J connectivity index is 1.83. The number of carbonyl (C=O) groups is 1. The number of amides is 1. The van der Waals surface area contributed by atoms with E-state index in [0.29, 0.717) is 12.1 Å². The zero-order valence-electron chi connectivity index (χ0n) is 12.2. The molecule has 0 fully saturated rings. The Morgan fingerprint density at radius 3 is 2.76 bits per heavy atom. The summed E-state index contributed by atoms with van der Waals surface area (Å²) >= 11 is 0. The van der Waals surface area contributed by atoms with E-state index < -0.39 is 0 Å². The molecule has 0 radical (unpaired) electrons. The van der Waals surface area contributed by atoms with Crippen LogP contribution in [0.4, 0.5) is 0 Å². The first-order chi connectivity index (χ1) is 10.2. The molecular formula is C16H21N3O2. The van der Waals surface area contributed by atoms with Crippen LogP contribution in [-0.2, 0) is 0 Å². The van der Waals surface area contributed by atoms with Gasteiger partial charge < -0.3 is 10.4 Å². The highest BCUT2D eigenvalue weighted by Crippen LogP contribution is 2.09. The van der Waals surface area contributed by atoms with Crippen molar-refractivity contribution < 1.29 is 9.90 Å². The van der Waals surface area contributed by atoms with Crippen LogP contribution in [0.3, 0.4) is 0 Å². The van der Waals surface area contributed by atoms with Gasteiger partial charge in [-0.1, -0.05) is 6.92 Å². The molecule has 5 nitrogen and oxygen atoms in total. The van der Waals surface area contributed by atoms with Gasteiger partial charge in [-0.3, -0.25) is 4.79 Å². The molecule has 1 amide bonds. The van der Waals surface area contributed by atoms with E-state index in [1.807, 2.05) is 31.3 Å². The van der Waals surface area contributed by atoms with E-state index >= 15 is 0 Å². The summed E-state index contributed by atoms with van der Waals surface area (Å²) in [6, 6.07) is 9.19. The zero-order valence-corrected chi connectivity index (χ0v) is 12.2. The van der Waals surface area contributed by atoms with Crippen molar-refractivity contribution in [1.29, 1.82) is 0 Å². The second-order valence-corrected chi connectivity index (χ2v) is 5.18. The molecule has 0 saturated carbocycles. The van der Waals surface area contributed by atoms with Crippen LogP contribution in [0.2, 0.25) is 0 Å². The predicted molar refractivity (Wildman–Crippen MR) is 81.4 cm³/mol. The van der Waals surface area contributed by atoms with E-state index in [4.69, 9.17) is 5.11 Å². The first-order valence-electron chi connectivity index (χ1n) is 7.20. The third kappa shape index (κ3) is 4.43. The first kappa shape index (κ1) is 15.3. The van der Waals surface area contributed by atoms with E-state index in [0.717, 1.165) is 18.5 Å². The Bertz CT molecular complexity index is 549. The van der Waals surface area contributed by atoms with Crippen LogP contribution >= 0.6 is 0 Å². The molecule has 0 aliphatic heterocycles. The average molecular weight is 287 g/mol. The molecule has 0 bridgehead atoms. The standard InChI is InChI=1S/C16H21N3O2/c1-13(12-20)4-2-9-17-16(21)14-5-7-15(8-6-14)19-11-3-10-18-19/h3,5-8,10-11,13,20H,2,4,9,12H2,1H3,(H,17,21). The third-order valence-corrected chi connectivity index (χ3v) is 3.37. The second kappa shape index (κ2) is 7.59. The van der Waals surface area contributed by atoms with Crippen molar-refractivity contribution in [3.8, 4) is 5.69 Å². The predicted octanol–water partition coefficient (Wildman–Crippen LogP) is 2.01. The number of aliphatic hydroxyl groups excluding tert-OH is 1. The lowest BCUT2D eigenvalue weighted by atomic mass is 10.1. The van der Waals surface area contributed by atoms with Gasteiger partial charge in [0.1, 0.15) is 0 Å². The molecule has 2 rings (SSSR count). The fraction of sp³-hybridized carbons (Fsp3) is 0.375. The van der Waals surface area contributed by atoms with Gasteiger partial charge in [0.15, 0.2) is 0 Å². The molecule has 0 aliphatic rings. The van der Waals surface area contributed by atoms with Crippen LogP contribution in [0.1, 0.15) is 30.1 Å². The van der Waals surface area contributed by atoms with Crippen molar-refractivity contribution in [3.05, 3.63) is 48.3 Å². The number of rotatable bonds is 7. The van der Waals surface area contributed by atoms with Gasteiger partial charge in [-0.25, -0.2) is 4.68 Å². The molecule has 1 unspecified atom stereocenters. The normalized spacial score (nSPS) is 12.1. The summed E-state index contributed by atoms with van der Waals surface area (Å²) < 4.78 is 1.75. The smallest absolute Gasteiger partial charge is 0.251 e. The number of hydrogen-bond donors (Lipinski definition) is 2. The fourth-order valence-corrected chi connectivity index (χ4v) is 2.03. The number of hydrogen-bond acceptors (Lipinski definition) is 3. The molecule has 5 heteroatoms. The van der Waals surface area contributed by atoms with Crippen molar-refractivity contribution >= 4 is 5.91 Å². The Hall–Kier alpha value is -2.14. The summed E-state index contributed by atoms with van der Waals surface area (Å²) in [5, 5.41) is 16.0. The van der Waals surface area contributed by atoms with Crippen LogP contribution in [0, 0.1) is 5.92 Å². The topological polar surface area (TPSA) is 67.2 Å². The Morgan fingerprint density at radius 2 is 2.14 bits per heavy atom. The number of nitrogens with one attached hydrogen (secondary N) is 1. The van der Waals surface area contributed by atoms with Gasteiger partial charge in [-0.15, -0.1) is 0 Å². The maximum absolute atomic E-state index is 12.0. The monoisotopic (exact) mass is 287 g/mol. The molecule has 1 aromatic carbocycles. The van der Waals surface area contributed by atoms with Crippen molar-refractivity contribution in [2.24, 2.45) is 5.92 Å². The van der Waals surface area contributed by atoms with Crippen LogP contribution < -0.4 is 5.32 Å². The lowest BCUT2D eigenvalue weighted by Crippen LogP contribution is -2.24. The van der Waals surface area contributed by atoms with E-state index in [1.54, 1.807) is 23.0 Å². The number of carbonyl (C=O) groups excluding carboxylic acids is 1. The minimum Gasteiger partial charge on any atom is -0.396 e. The Morgan fingerprint density at radius 1 is 1.38 bits per heavy atom. The Labute approximate surface area is 124 Å². The van der Waals surface area contributed by atoms with Crippen LogP contribution in [0.5, 0.6) is 0 Å². The first-order valence-corrected chi connectivity index (χ1v) is 7.20. The van der Waals surface area contributed by atoms with Crippen LogP contribution in [-0.4, -0.2) is 33.9 Å². The van der Waals surface area contributed by atoms with Crippen molar-refractivity contribution in [2.45, 2.75) is 19.8 Å². The minimum atomic E-state index is -0.0707. The third-order valence-electron chi connectivity index (χ3n) is 3.37. The summed E-state index contributed by atoms with van der Waals surface area (Å²) in [7, 11) is 0. The van der Waals surface area contributed by atoms with Gasteiger partial charge in [0, 0.05) is 31.1 Å². The van der Waals surface area contributed by atoms with Crippen LogP contribution in [0.15, 0.2) is 42.7 Å². The molecule has 1 heterocycles. The molecule has 1 atom stereocenters. The molecule has 1 aromatic heterocycles.